The zero-order valence-electron chi connectivity index (χ0n) is 11.3. The first kappa shape index (κ1) is 14.0. The quantitative estimate of drug-likeness (QED) is 0.795. The minimum Gasteiger partial charge on any atom is -0.365 e. The highest BCUT2D eigenvalue weighted by Crippen LogP contribution is 2.19. The van der Waals surface area contributed by atoms with E-state index in [1.165, 1.54) is 0 Å². The first-order valence-corrected chi connectivity index (χ1v) is 6.04. The lowest BCUT2D eigenvalue weighted by Crippen LogP contribution is -2.29. The fraction of sp³-hybridized carbons (Fsp3) is 0.667. The van der Waals surface area contributed by atoms with Crippen molar-refractivity contribution >= 4 is 23.4 Å². The highest BCUT2D eigenvalue weighted by Gasteiger charge is 2.15. The van der Waals surface area contributed by atoms with Crippen LogP contribution in [0.25, 0.3) is 0 Å². The first-order chi connectivity index (χ1) is 7.55. The molecular weight excluding hydrogens is 236 g/mol. The highest BCUT2D eigenvalue weighted by atomic mass is 35.5. The van der Waals surface area contributed by atoms with Crippen LogP contribution in [0.2, 0.25) is 5.15 Å². The Morgan fingerprint density at radius 1 is 0.941 bits per heavy atom. The Kier molecular flexibility index (Phi) is 3.87. The molecule has 0 radical (unpaired) electrons. The number of halogens is 1. The zero-order valence-corrected chi connectivity index (χ0v) is 12.1. The van der Waals surface area contributed by atoms with Gasteiger partial charge in [-0.25, -0.2) is 4.98 Å². The molecule has 0 unspecified atom stereocenters. The summed E-state index contributed by atoms with van der Waals surface area (Å²) in [4.78, 5) is 8.54. The van der Waals surface area contributed by atoms with Gasteiger partial charge in [0.2, 0.25) is 5.95 Å². The lowest BCUT2D eigenvalue weighted by molar-refractivity contribution is 0.620. The zero-order chi connectivity index (χ0) is 13.3. The number of nitrogens with one attached hydrogen (secondary N) is 2. The molecule has 0 bridgehead atoms. The summed E-state index contributed by atoms with van der Waals surface area (Å²) >= 11 is 5.98. The van der Waals surface area contributed by atoms with Crippen molar-refractivity contribution in [3.8, 4) is 0 Å². The number of anilines is 2. The summed E-state index contributed by atoms with van der Waals surface area (Å²) in [5.41, 5.74) is -0.152. The molecular formula is C12H21ClN4. The third kappa shape index (κ3) is 5.73. The van der Waals surface area contributed by atoms with Crippen LogP contribution in [0.3, 0.4) is 0 Å². The van der Waals surface area contributed by atoms with Gasteiger partial charge in [0, 0.05) is 17.1 Å². The molecule has 0 spiro atoms. The fourth-order valence-electron chi connectivity index (χ4n) is 1.26. The molecule has 1 heterocycles. The molecule has 0 aliphatic carbocycles. The Morgan fingerprint density at radius 3 is 1.94 bits per heavy atom. The predicted octanol–water partition coefficient (Wildman–Crippen LogP) is 3.55. The maximum atomic E-state index is 5.98. The van der Waals surface area contributed by atoms with Crippen LogP contribution in [0, 0.1) is 0 Å². The van der Waals surface area contributed by atoms with Gasteiger partial charge in [-0.2, -0.15) is 4.98 Å². The van der Waals surface area contributed by atoms with Crippen molar-refractivity contribution in [3.63, 3.8) is 0 Å². The van der Waals surface area contributed by atoms with E-state index >= 15 is 0 Å². The molecule has 1 rings (SSSR count). The number of nitrogens with zero attached hydrogens (tertiary/aromatic N) is 2. The molecule has 2 N–H and O–H groups in total. The van der Waals surface area contributed by atoms with Gasteiger partial charge in [0.05, 0.1) is 0 Å². The SMILES string of the molecule is CC(C)(C)Nc1cc(Cl)nc(NC(C)(C)C)n1. The van der Waals surface area contributed by atoms with E-state index in [1.54, 1.807) is 6.07 Å². The lowest BCUT2D eigenvalue weighted by atomic mass is 10.1. The summed E-state index contributed by atoms with van der Waals surface area (Å²) in [6.45, 7) is 12.4. The van der Waals surface area contributed by atoms with Gasteiger partial charge < -0.3 is 10.6 Å². The molecule has 0 fully saturated rings. The topological polar surface area (TPSA) is 49.8 Å². The van der Waals surface area contributed by atoms with Gasteiger partial charge in [-0.15, -0.1) is 0 Å². The average molecular weight is 257 g/mol. The molecule has 0 saturated heterocycles. The second-order valence-corrected chi connectivity index (χ2v) is 6.54. The third-order valence-corrected chi connectivity index (χ3v) is 1.88. The summed E-state index contributed by atoms with van der Waals surface area (Å²) in [5, 5.41) is 6.90. The number of aromatic nitrogens is 2. The summed E-state index contributed by atoms with van der Waals surface area (Å²) in [6.07, 6.45) is 0. The first-order valence-electron chi connectivity index (χ1n) is 5.66. The van der Waals surface area contributed by atoms with E-state index in [1.807, 2.05) is 20.8 Å². The van der Waals surface area contributed by atoms with Crippen molar-refractivity contribution < 1.29 is 0 Å². The standard InChI is InChI=1S/C12H21ClN4/c1-11(2,3)16-9-7-8(13)14-10(15-9)17-12(4,5)6/h7H,1-6H3,(H2,14,15,16,17). The van der Waals surface area contributed by atoms with E-state index in [9.17, 15) is 0 Å². The predicted molar refractivity (Wildman–Crippen MR) is 73.8 cm³/mol. The van der Waals surface area contributed by atoms with E-state index < -0.39 is 0 Å². The second-order valence-electron chi connectivity index (χ2n) is 6.15. The molecule has 0 aromatic carbocycles. The van der Waals surface area contributed by atoms with E-state index in [4.69, 9.17) is 11.6 Å². The minimum absolute atomic E-state index is 0.0588. The summed E-state index contributed by atoms with van der Waals surface area (Å²) in [7, 11) is 0. The average Bonchev–Trinajstić information content (AvgIpc) is 1.93. The highest BCUT2D eigenvalue weighted by molar-refractivity contribution is 6.29. The molecule has 96 valence electrons. The largest absolute Gasteiger partial charge is 0.365 e. The second kappa shape index (κ2) is 4.69. The molecule has 0 atom stereocenters. The number of hydrogen-bond donors (Lipinski definition) is 2. The van der Waals surface area contributed by atoms with E-state index in [-0.39, 0.29) is 11.1 Å². The van der Waals surface area contributed by atoms with Gasteiger partial charge in [0.1, 0.15) is 11.0 Å². The molecule has 17 heavy (non-hydrogen) atoms. The van der Waals surface area contributed by atoms with Crippen molar-refractivity contribution in [2.24, 2.45) is 0 Å². The molecule has 0 aliphatic rings. The summed E-state index contributed by atoms with van der Waals surface area (Å²) in [6, 6.07) is 1.72. The van der Waals surface area contributed by atoms with Crippen molar-refractivity contribution in [2.45, 2.75) is 52.6 Å². The Labute approximate surface area is 108 Å². The smallest absolute Gasteiger partial charge is 0.226 e. The normalized spacial score (nSPS) is 12.4. The van der Waals surface area contributed by atoms with Crippen molar-refractivity contribution in [1.82, 2.24) is 9.97 Å². The summed E-state index contributed by atoms with van der Waals surface area (Å²) in [5.74, 6) is 1.26. The van der Waals surface area contributed by atoms with E-state index in [0.717, 1.165) is 5.82 Å². The van der Waals surface area contributed by atoms with Gasteiger partial charge in [0.15, 0.2) is 0 Å². The van der Waals surface area contributed by atoms with Crippen LogP contribution in [0.1, 0.15) is 41.5 Å². The van der Waals surface area contributed by atoms with Crippen LogP contribution in [-0.2, 0) is 0 Å². The number of hydrogen-bond acceptors (Lipinski definition) is 4. The van der Waals surface area contributed by atoms with Gasteiger partial charge in [-0.05, 0) is 41.5 Å². The van der Waals surface area contributed by atoms with Gasteiger partial charge in [-0.3, -0.25) is 0 Å². The number of rotatable bonds is 2. The molecule has 0 amide bonds. The van der Waals surface area contributed by atoms with Crippen LogP contribution in [-0.4, -0.2) is 21.0 Å². The van der Waals surface area contributed by atoms with Crippen LogP contribution in [0.4, 0.5) is 11.8 Å². The van der Waals surface area contributed by atoms with Gasteiger partial charge >= 0.3 is 0 Å². The molecule has 0 saturated carbocycles. The van der Waals surface area contributed by atoms with Gasteiger partial charge in [0.25, 0.3) is 0 Å². The fourth-order valence-corrected chi connectivity index (χ4v) is 1.44. The van der Waals surface area contributed by atoms with E-state index in [2.05, 4.69) is 41.4 Å². The van der Waals surface area contributed by atoms with Gasteiger partial charge in [-0.1, -0.05) is 11.6 Å². The monoisotopic (exact) mass is 256 g/mol. The van der Waals surface area contributed by atoms with Crippen LogP contribution in [0.5, 0.6) is 0 Å². The van der Waals surface area contributed by atoms with Crippen molar-refractivity contribution in [1.29, 1.82) is 0 Å². The van der Waals surface area contributed by atoms with Crippen molar-refractivity contribution in [2.75, 3.05) is 10.6 Å². The van der Waals surface area contributed by atoms with E-state index in [0.29, 0.717) is 11.1 Å². The minimum atomic E-state index is -0.0936. The molecule has 5 heteroatoms. The van der Waals surface area contributed by atoms with Crippen molar-refractivity contribution in [3.05, 3.63) is 11.2 Å². The third-order valence-electron chi connectivity index (χ3n) is 1.68. The molecule has 1 aromatic rings. The molecule has 0 aliphatic heterocycles. The Balaban J connectivity index is 2.95. The van der Waals surface area contributed by atoms with Crippen LogP contribution in [0.15, 0.2) is 6.07 Å². The molecule has 1 aromatic heterocycles. The summed E-state index contributed by atoms with van der Waals surface area (Å²) < 4.78 is 0. The molecule has 4 nitrogen and oxygen atoms in total. The van der Waals surface area contributed by atoms with Crippen LogP contribution < -0.4 is 10.6 Å². The Hall–Kier alpha value is -1.03. The Bertz CT molecular complexity index is 356. The lowest BCUT2D eigenvalue weighted by Gasteiger charge is -2.23. The van der Waals surface area contributed by atoms with Crippen LogP contribution >= 0.6 is 11.6 Å². The Morgan fingerprint density at radius 2 is 1.47 bits per heavy atom. The maximum absolute atomic E-state index is 5.98. The maximum Gasteiger partial charge on any atom is 0.226 e.